The molecule has 118 valence electrons. The number of benzene rings is 1. The summed E-state index contributed by atoms with van der Waals surface area (Å²) in [5.74, 6) is -0.0265. The molecular formula is C12H13ClF3NO3S. The molecule has 1 N–H and O–H groups in total. The molecule has 1 aliphatic heterocycles. The predicted molar refractivity (Wildman–Crippen MR) is 70.6 cm³/mol. The van der Waals surface area contributed by atoms with Gasteiger partial charge in [0.25, 0.3) is 0 Å². The monoisotopic (exact) mass is 343 g/mol. The van der Waals surface area contributed by atoms with Gasteiger partial charge < -0.3 is 4.74 Å². The molecule has 0 aromatic heterocycles. The molecule has 1 fully saturated rings. The lowest BCUT2D eigenvalue weighted by molar-refractivity contribution is -0.139. The molecule has 1 aromatic rings. The van der Waals surface area contributed by atoms with Crippen LogP contribution in [-0.4, -0.2) is 28.2 Å². The third-order valence-corrected chi connectivity index (χ3v) is 4.84. The minimum atomic E-state index is -4.80. The quantitative estimate of drug-likeness (QED) is 0.914. The highest BCUT2D eigenvalue weighted by Gasteiger charge is 2.37. The number of alkyl halides is 3. The molecule has 0 bridgehead atoms. The number of ether oxygens (including phenoxy) is 1. The average molecular weight is 344 g/mol. The van der Waals surface area contributed by atoms with E-state index in [0.29, 0.717) is 25.7 Å². The second-order valence-corrected chi connectivity index (χ2v) is 6.89. The Morgan fingerprint density at radius 2 is 2.10 bits per heavy atom. The van der Waals surface area contributed by atoms with Crippen LogP contribution in [0.5, 0.6) is 0 Å². The van der Waals surface area contributed by atoms with Crippen LogP contribution in [0.15, 0.2) is 23.1 Å². The molecule has 0 amide bonds. The van der Waals surface area contributed by atoms with Crippen molar-refractivity contribution in [1.82, 2.24) is 4.72 Å². The Bertz CT molecular complexity index is 613. The Labute approximate surface area is 125 Å². The van der Waals surface area contributed by atoms with Crippen molar-refractivity contribution in [3.05, 3.63) is 28.8 Å². The van der Waals surface area contributed by atoms with Gasteiger partial charge in [-0.15, -0.1) is 0 Å². The lowest BCUT2D eigenvalue weighted by Gasteiger charge is -2.15. The molecule has 9 heteroatoms. The van der Waals surface area contributed by atoms with Gasteiger partial charge in [-0.05, 0) is 30.5 Å². The van der Waals surface area contributed by atoms with Crippen LogP contribution in [0.1, 0.15) is 12.0 Å². The van der Waals surface area contributed by atoms with Crippen LogP contribution in [0.4, 0.5) is 13.2 Å². The molecule has 21 heavy (non-hydrogen) atoms. The van der Waals surface area contributed by atoms with E-state index in [0.717, 1.165) is 12.1 Å². The fraction of sp³-hybridized carbons (Fsp3) is 0.500. The Morgan fingerprint density at radius 1 is 1.38 bits per heavy atom. The molecular weight excluding hydrogens is 331 g/mol. The molecule has 2 rings (SSSR count). The number of hydrogen-bond acceptors (Lipinski definition) is 3. The fourth-order valence-corrected chi connectivity index (χ4v) is 3.50. The standard InChI is InChI=1S/C12H13ClF3NO3S/c13-9-1-2-11(10(5-9)12(14,15)16)21(18,19)17-6-8-3-4-20-7-8/h1-2,5,8,17H,3-4,6-7H2/t8-/m1/s1. The van der Waals surface area contributed by atoms with Gasteiger partial charge in [0.15, 0.2) is 0 Å². The van der Waals surface area contributed by atoms with Crippen molar-refractivity contribution >= 4 is 21.6 Å². The van der Waals surface area contributed by atoms with Crippen LogP contribution < -0.4 is 4.72 Å². The third kappa shape index (κ3) is 4.09. The van der Waals surface area contributed by atoms with Gasteiger partial charge in [-0.2, -0.15) is 13.2 Å². The molecule has 4 nitrogen and oxygen atoms in total. The second kappa shape index (κ2) is 6.12. The molecule has 1 heterocycles. The highest BCUT2D eigenvalue weighted by Crippen LogP contribution is 2.35. The van der Waals surface area contributed by atoms with E-state index < -0.39 is 26.7 Å². The number of nitrogens with one attached hydrogen (secondary N) is 1. The topological polar surface area (TPSA) is 55.4 Å². The van der Waals surface area contributed by atoms with Gasteiger partial charge in [-0.1, -0.05) is 11.6 Å². The molecule has 1 aromatic carbocycles. The van der Waals surface area contributed by atoms with Crippen molar-refractivity contribution in [2.45, 2.75) is 17.5 Å². The smallest absolute Gasteiger partial charge is 0.381 e. The van der Waals surface area contributed by atoms with Crippen LogP contribution >= 0.6 is 11.6 Å². The third-order valence-electron chi connectivity index (χ3n) is 3.12. The molecule has 1 aliphatic rings. The Balaban J connectivity index is 2.26. The normalized spacial score (nSPS) is 19.9. The highest BCUT2D eigenvalue weighted by molar-refractivity contribution is 7.89. The largest absolute Gasteiger partial charge is 0.417 e. The summed E-state index contributed by atoms with van der Waals surface area (Å²) >= 11 is 5.52. The molecule has 0 radical (unpaired) electrons. The molecule has 1 saturated heterocycles. The lowest BCUT2D eigenvalue weighted by Crippen LogP contribution is -2.31. The van der Waals surface area contributed by atoms with Gasteiger partial charge in [0.1, 0.15) is 0 Å². The van der Waals surface area contributed by atoms with Gasteiger partial charge in [-0.3, -0.25) is 0 Å². The number of rotatable bonds is 4. The number of sulfonamides is 1. The zero-order valence-electron chi connectivity index (χ0n) is 10.8. The van der Waals surface area contributed by atoms with Crippen molar-refractivity contribution in [1.29, 1.82) is 0 Å². The van der Waals surface area contributed by atoms with E-state index in [4.69, 9.17) is 16.3 Å². The van der Waals surface area contributed by atoms with E-state index in [2.05, 4.69) is 4.72 Å². The summed E-state index contributed by atoms with van der Waals surface area (Å²) in [7, 11) is -4.26. The summed E-state index contributed by atoms with van der Waals surface area (Å²) < 4.78 is 70.2. The van der Waals surface area contributed by atoms with E-state index in [1.165, 1.54) is 0 Å². The SMILES string of the molecule is O=S(=O)(NC[C@H]1CCOC1)c1ccc(Cl)cc1C(F)(F)F. The molecule has 0 spiro atoms. The lowest BCUT2D eigenvalue weighted by atomic mass is 10.1. The summed E-state index contributed by atoms with van der Waals surface area (Å²) in [6.45, 7) is 0.971. The molecule has 0 aliphatic carbocycles. The van der Waals surface area contributed by atoms with Crippen LogP contribution in [0.2, 0.25) is 5.02 Å². The van der Waals surface area contributed by atoms with Crippen molar-refractivity contribution in [2.75, 3.05) is 19.8 Å². The maximum atomic E-state index is 12.9. The minimum Gasteiger partial charge on any atom is -0.381 e. The van der Waals surface area contributed by atoms with Crippen molar-refractivity contribution in [3.8, 4) is 0 Å². The first-order valence-electron chi connectivity index (χ1n) is 6.14. The molecule has 0 unspecified atom stereocenters. The highest BCUT2D eigenvalue weighted by atomic mass is 35.5. The first-order valence-corrected chi connectivity index (χ1v) is 8.00. The van der Waals surface area contributed by atoms with Crippen LogP contribution in [0, 0.1) is 5.92 Å². The molecule has 1 atom stereocenters. The maximum absolute atomic E-state index is 12.9. The van der Waals surface area contributed by atoms with Gasteiger partial charge in [0.2, 0.25) is 10.0 Å². The van der Waals surface area contributed by atoms with E-state index in [-0.39, 0.29) is 17.5 Å². The summed E-state index contributed by atoms with van der Waals surface area (Å²) in [5.41, 5.74) is -1.27. The van der Waals surface area contributed by atoms with Gasteiger partial charge in [-0.25, -0.2) is 13.1 Å². The maximum Gasteiger partial charge on any atom is 0.417 e. The predicted octanol–water partition coefficient (Wildman–Crippen LogP) is 2.67. The molecule has 0 saturated carbocycles. The summed E-state index contributed by atoms with van der Waals surface area (Å²) in [6.07, 6.45) is -4.12. The van der Waals surface area contributed by atoms with Crippen LogP contribution in [0.25, 0.3) is 0 Å². The second-order valence-electron chi connectivity index (χ2n) is 4.72. The number of halogens is 4. The fourth-order valence-electron chi connectivity index (χ4n) is 2.01. The zero-order chi connectivity index (χ0) is 15.7. The zero-order valence-corrected chi connectivity index (χ0v) is 12.4. The van der Waals surface area contributed by atoms with E-state index in [1.807, 2.05) is 0 Å². The Kier molecular flexibility index (Phi) is 4.82. The number of hydrogen-bond donors (Lipinski definition) is 1. The van der Waals surface area contributed by atoms with Crippen LogP contribution in [0.3, 0.4) is 0 Å². The summed E-state index contributed by atoms with van der Waals surface area (Å²) in [5, 5.41) is -0.175. The van der Waals surface area contributed by atoms with Crippen LogP contribution in [-0.2, 0) is 20.9 Å². The minimum absolute atomic E-state index is 0.0265. The van der Waals surface area contributed by atoms with Crippen molar-refractivity contribution in [2.24, 2.45) is 5.92 Å². The van der Waals surface area contributed by atoms with E-state index in [1.54, 1.807) is 0 Å². The van der Waals surface area contributed by atoms with Gasteiger partial charge in [0, 0.05) is 18.2 Å². The summed E-state index contributed by atoms with van der Waals surface area (Å²) in [6, 6.07) is 2.58. The van der Waals surface area contributed by atoms with Gasteiger partial charge in [0.05, 0.1) is 17.1 Å². The van der Waals surface area contributed by atoms with E-state index in [9.17, 15) is 21.6 Å². The van der Waals surface area contributed by atoms with Crippen molar-refractivity contribution < 1.29 is 26.3 Å². The van der Waals surface area contributed by atoms with E-state index >= 15 is 0 Å². The Hall–Kier alpha value is -0.830. The van der Waals surface area contributed by atoms with Crippen molar-refractivity contribution in [3.63, 3.8) is 0 Å². The summed E-state index contributed by atoms with van der Waals surface area (Å²) in [4.78, 5) is -0.821. The van der Waals surface area contributed by atoms with Gasteiger partial charge >= 0.3 is 6.18 Å². The Morgan fingerprint density at radius 3 is 2.67 bits per heavy atom. The first-order chi connectivity index (χ1) is 9.70. The first kappa shape index (κ1) is 16.5. The average Bonchev–Trinajstić information content (AvgIpc) is 2.88.